The normalized spacial score (nSPS) is 15.0. The minimum atomic E-state index is -4.46. The molecule has 1 amide bonds. The van der Waals surface area contributed by atoms with E-state index < -0.39 is 17.6 Å². The van der Waals surface area contributed by atoms with Gasteiger partial charge in [0.05, 0.1) is 18.7 Å². The number of para-hydroxylation sites is 1. The molecule has 3 rings (SSSR count). The van der Waals surface area contributed by atoms with Gasteiger partial charge in [-0.1, -0.05) is 12.1 Å². The first-order chi connectivity index (χ1) is 11.3. The van der Waals surface area contributed by atoms with Gasteiger partial charge >= 0.3 is 6.18 Å². The molecule has 0 bridgehead atoms. The highest BCUT2D eigenvalue weighted by Gasteiger charge is 2.36. The number of hydrogen-bond donors (Lipinski definition) is 1. The van der Waals surface area contributed by atoms with Crippen molar-refractivity contribution in [1.82, 2.24) is 10.2 Å². The quantitative estimate of drug-likeness (QED) is 0.920. The number of anilines is 1. The highest BCUT2D eigenvalue weighted by Crippen LogP contribution is 2.37. The Kier molecular flexibility index (Phi) is 4.00. The van der Waals surface area contributed by atoms with Crippen LogP contribution >= 0.6 is 0 Å². The van der Waals surface area contributed by atoms with Gasteiger partial charge in [-0.15, -0.1) is 10.2 Å². The second-order valence-corrected chi connectivity index (χ2v) is 5.28. The van der Waals surface area contributed by atoms with E-state index in [1.165, 1.54) is 24.3 Å². The molecule has 0 spiro atoms. The van der Waals surface area contributed by atoms with Gasteiger partial charge in [-0.05, 0) is 24.3 Å². The Hall–Kier alpha value is -2.84. The number of nitrogens with zero attached hydrogens (tertiary/aromatic N) is 3. The van der Waals surface area contributed by atoms with E-state index in [0.29, 0.717) is 18.9 Å². The maximum absolute atomic E-state index is 12.9. The third-order valence-corrected chi connectivity index (χ3v) is 3.56. The van der Waals surface area contributed by atoms with Crippen LogP contribution in [0.25, 0.3) is 0 Å². The minimum Gasteiger partial charge on any atom is -0.486 e. The Balaban J connectivity index is 1.63. The summed E-state index contributed by atoms with van der Waals surface area (Å²) in [5.74, 6) is -0.364. The number of ether oxygens (including phenoxy) is 1. The van der Waals surface area contributed by atoms with E-state index in [-0.39, 0.29) is 17.5 Å². The Morgan fingerprint density at radius 2 is 1.88 bits per heavy atom. The fourth-order valence-electron chi connectivity index (χ4n) is 2.31. The lowest BCUT2D eigenvalue weighted by Gasteiger charge is -2.39. The molecule has 1 aromatic carbocycles. The first kappa shape index (κ1) is 16.0. The van der Waals surface area contributed by atoms with Gasteiger partial charge in [0.15, 0.2) is 11.5 Å². The zero-order valence-corrected chi connectivity index (χ0v) is 12.3. The average molecular weight is 338 g/mol. The van der Waals surface area contributed by atoms with Gasteiger partial charge < -0.3 is 15.4 Å². The number of aromatic nitrogens is 2. The predicted molar refractivity (Wildman–Crippen MR) is 78.6 cm³/mol. The van der Waals surface area contributed by atoms with Gasteiger partial charge in [-0.3, -0.25) is 4.79 Å². The van der Waals surface area contributed by atoms with Crippen molar-refractivity contribution in [3.63, 3.8) is 0 Å². The molecule has 0 radical (unpaired) electrons. The molecule has 2 N–H and O–H groups in total. The van der Waals surface area contributed by atoms with E-state index in [1.54, 1.807) is 11.0 Å². The van der Waals surface area contributed by atoms with E-state index >= 15 is 0 Å². The maximum Gasteiger partial charge on any atom is 0.419 e. The number of primary amides is 1. The Morgan fingerprint density at radius 1 is 1.17 bits per heavy atom. The molecule has 0 unspecified atom stereocenters. The molecule has 2 aromatic rings. The van der Waals surface area contributed by atoms with Crippen molar-refractivity contribution < 1.29 is 22.7 Å². The number of alkyl halides is 3. The van der Waals surface area contributed by atoms with Gasteiger partial charge in [0.1, 0.15) is 11.9 Å². The molecule has 1 fully saturated rings. The van der Waals surface area contributed by atoms with Crippen molar-refractivity contribution in [3.8, 4) is 5.75 Å². The van der Waals surface area contributed by atoms with E-state index in [2.05, 4.69) is 10.2 Å². The summed E-state index contributed by atoms with van der Waals surface area (Å²) in [5.41, 5.74) is 4.33. The molecule has 126 valence electrons. The monoisotopic (exact) mass is 338 g/mol. The summed E-state index contributed by atoms with van der Waals surface area (Å²) in [7, 11) is 0. The first-order valence-corrected chi connectivity index (χ1v) is 7.06. The van der Waals surface area contributed by atoms with E-state index in [1.807, 2.05) is 0 Å². The van der Waals surface area contributed by atoms with Crippen molar-refractivity contribution in [1.29, 1.82) is 0 Å². The van der Waals surface area contributed by atoms with Crippen molar-refractivity contribution >= 4 is 11.7 Å². The summed E-state index contributed by atoms with van der Waals surface area (Å²) in [5, 5.41) is 7.54. The summed E-state index contributed by atoms with van der Waals surface area (Å²) < 4.78 is 44.2. The maximum atomic E-state index is 12.9. The lowest BCUT2D eigenvalue weighted by molar-refractivity contribution is -0.139. The Labute approximate surface area is 135 Å². The van der Waals surface area contributed by atoms with Crippen LogP contribution in [0.3, 0.4) is 0 Å². The van der Waals surface area contributed by atoms with Crippen LogP contribution < -0.4 is 15.4 Å². The van der Waals surface area contributed by atoms with Crippen LogP contribution in [-0.4, -0.2) is 35.3 Å². The molecular formula is C15H13F3N4O2. The fourth-order valence-corrected chi connectivity index (χ4v) is 2.31. The molecule has 1 saturated heterocycles. The average Bonchev–Trinajstić information content (AvgIpc) is 2.50. The van der Waals surface area contributed by atoms with Crippen LogP contribution in [-0.2, 0) is 6.18 Å². The third-order valence-electron chi connectivity index (χ3n) is 3.56. The molecular weight excluding hydrogens is 325 g/mol. The van der Waals surface area contributed by atoms with Gasteiger partial charge in [-0.25, -0.2) is 0 Å². The topological polar surface area (TPSA) is 81.3 Å². The van der Waals surface area contributed by atoms with Gasteiger partial charge in [-0.2, -0.15) is 13.2 Å². The lowest BCUT2D eigenvalue weighted by atomic mass is 10.1. The van der Waals surface area contributed by atoms with Gasteiger partial charge in [0.2, 0.25) is 0 Å². The van der Waals surface area contributed by atoms with Crippen LogP contribution in [0, 0.1) is 0 Å². The smallest absolute Gasteiger partial charge is 0.419 e. The summed E-state index contributed by atoms with van der Waals surface area (Å²) in [4.78, 5) is 12.7. The minimum absolute atomic E-state index is 0.0474. The molecule has 1 aromatic heterocycles. The van der Waals surface area contributed by atoms with Crippen LogP contribution in [0.1, 0.15) is 16.1 Å². The predicted octanol–water partition coefficient (Wildman–Crippen LogP) is 1.86. The van der Waals surface area contributed by atoms with Crippen LogP contribution in [0.4, 0.5) is 19.0 Å². The number of hydrogen-bond acceptors (Lipinski definition) is 5. The van der Waals surface area contributed by atoms with Crippen LogP contribution in [0.5, 0.6) is 5.75 Å². The molecule has 2 heterocycles. The van der Waals surface area contributed by atoms with Crippen molar-refractivity contribution in [3.05, 3.63) is 47.7 Å². The van der Waals surface area contributed by atoms with Crippen LogP contribution in [0.15, 0.2) is 36.4 Å². The lowest BCUT2D eigenvalue weighted by Crippen LogP contribution is -2.54. The number of nitrogens with two attached hydrogens (primary N) is 1. The number of halogens is 3. The second kappa shape index (κ2) is 5.99. The van der Waals surface area contributed by atoms with Gasteiger partial charge in [0.25, 0.3) is 5.91 Å². The van der Waals surface area contributed by atoms with E-state index in [9.17, 15) is 18.0 Å². The summed E-state index contributed by atoms with van der Waals surface area (Å²) in [6.07, 6.45) is -4.85. The summed E-state index contributed by atoms with van der Waals surface area (Å²) >= 11 is 0. The molecule has 9 heteroatoms. The fraction of sp³-hybridized carbons (Fsp3) is 0.267. The molecule has 0 atom stereocenters. The molecule has 1 aliphatic rings. The van der Waals surface area contributed by atoms with Crippen molar-refractivity contribution in [2.45, 2.75) is 12.3 Å². The first-order valence-electron chi connectivity index (χ1n) is 7.06. The van der Waals surface area contributed by atoms with E-state index in [0.717, 1.165) is 6.07 Å². The van der Waals surface area contributed by atoms with E-state index in [4.69, 9.17) is 10.5 Å². The number of carbonyl (C=O) groups excluding carboxylic acids is 1. The zero-order chi connectivity index (χ0) is 17.3. The largest absolute Gasteiger partial charge is 0.486 e. The van der Waals surface area contributed by atoms with Crippen molar-refractivity contribution in [2.75, 3.05) is 18.0 Å². The molecule has 6 nitrogen and oxygen atoms in total. The second-order valence-electron chi connectivity index (χ2n) is 5.28. The zero-order valence-electron chi connectivity index (χ0n) is 12.3. The Bertz CT molecular complexity index is 743. The Morgan fingerprint density at radius 3 is 2.46 bits per heavy atom. The van der Waals surface area contributed by atoms with Crippen molar-refractivity contribution in [2.24, 2.45) is 5.73 Å². The van der Waals surface area contributed by atoms with Crippen LogP contribution in [0.2, 0.25) is 0 Å². The highest BCUT2D eigenvalue weighted by molar-refractivity contribution is 5.90. The molecule has 1 aliphatic heterocycles. The number of carbonyl (C=O) groups is 1. The number of benzene rings is 1. The number of amides is 1. The molecule has 24 heavy (non-hydrogen) atoms. The summed E-state index contributed by atoms with van der Waals surface area (Å²) in [6.45, 7) is 0.744. The summed E-state index contributed by atoms with van der Waals surface area (Å²) in [6, 6.07) is 8.12. The third kappa shape index (κ3) is 3.24. The molecule has 0 aliphatic carbocycles. The highest BCUT2D eigenvalue weighted by atomic mass is 19.4. The molecule has 0 saturated carbocycles. The number of rotatable bonds is 4. The standard InChI is InChI=1S/C15H13F3N4O2/c16-15(17,18)10-3-1-2-4-12(10)24-9-7-22(8-9)13-6-5-11(14(19)23)20-21-13/h1-6,9H,7-8H2,(H2,19,23). The van der Waals surface area contributed by atoms with Gasteiger partial charge in [0, 0.05) is 0 Å². The SMILES string of the molecule is NC(=O)c1ccc(N2CC(Oc3ccccc3C(F)(F)F)C2)nn1.